The molecule has 8 heteroatoms. The van der Waals surface area contributed by atoms with Gasteiger partial charge < -0.3 is 15.8 Å². The quantitative estimate of drug-likeness (QED) is 0.834. The topological polar surface area (TPSA) is 73.1 Å². The minimum Gasteiger partial charge on any atom is -0.383 e. The van der Waals surface area contributed by atoms with Gasteiger partial charge in [0.1, 0.15) is 22.8 Å². The lowest BCUT2D eigenvalue weighted by atomic mass is 10.1. The van der Waals surface area contributed by atoms with Gasteiger partial charge >= 0.3 is 0 Å². The molecule has 1 aliphatic rings. The Labute approximate surface area is 124 Å². The van der Waals surface area contributed by atoms with Gasteiger partial charge in [-0.25, -0.2) is 23.1 Å². The van der Waals surface area contributed by atoms with Crippen molar-refractivity contribution in [1.29, 1.82) is 0 Å². The van der Waals surface area contributed by atoms with Crippen molar-refractivity contribution >= 4 is 22.4 Å². The zero-order chi connectivity index (χ0) is 15.9. The van der Waals surface area contributed by atoms with Crippen LogP contribution in [0.5, 0.6) is 0 Å². The van der Waals surface area contributed by atoms with Crippen LogP contribution in [0.2, 0.25) is 0 Å². The van der Waals surface area contributed by atoms with E-state index >= 15 is 0 Å². The third-order valence-corrected chi connectivity index (χ3v) is 3.68. The summed E-state index contributed by atoms with van der Waals surface area (Å²) < 4.78 is 48.2. The van der Waals surface area contributed by atoms with E-state index in [2.05, 4.69) is 15.3 Å². The standard InChI is InChI=1S/C14H15F3N4O/c1-6-19-12-8(14(18)20-6)9(15)10(16)13(11(12)17)21-7-2-4-22-5-3-7/h7,21H,2-5H2,1H3,(H2,18,19,20). The summed E-state index contributed by atoms with van der Waals surface area (Å²) in [7, 11) is 0. The predicted molar refractivity (Wildman–Crippen MR) is 76.0 cm³/mol. The highest BCUT2D eigenvalue weighted by atomic mass is 19.2. The van der Waals surface area contributed by atoms with Crippen molar-refractivity contribution in [3.8, 4) is 0 Å². The molecule has 1 aromatic heterocycles. The van der Waals surface area contributed by atoms with E-state index in [0.29, 0.717) is 26.1 Å². The molecule has 0 amide bonds. The van der Waals surface area contributed by atoms with Gasteiger partial charge in [0, 0.05) is 19.3 Å². The number of anilines is 2. The molecule has 1 aliphatic heterocycles. The third kappa shape index (κ3) is 2.43. The van der Waals surface area contributed by atoms with Crippen molar-refractivity contribution < 1.29 is 17.9 Å². The minimum absolute atomic E-state index is 0.185. The van der Waals surface area contributed by atoms with E-state index in [0.717, 1.165) is 0 Å². The Morgan fingerprint density at radius 1 is 1.09 bits per heavy atom. The number of nitrogen functional groups attached to an aromatic ring is 1. The first-order chi connectivity index (χ1) is 10.5. The largest absolute Gasteiger partial charge is 0.383 e. The molecule has 118 valence electrons. The number of benzene rings is 1. The molecule has 0 radical (unpaired) electrons. The summed E-state index contributed by atoms with van der Waals surface area (Å²) in [5.74, 6) is -3.61. The van der Waals surface area contributed by atoms with Gasteiger partial charge in [-0.15, -0.1) is 0 Å². The molecule has 2 aromatic rings. The highest BCUT2D eigenvalue weighted by Crippen LogP contribution is 2.33. The van der Waals surface area contributed by atoms with Gasteiger partial charge in [0.15, 0.2) is 17.5 Å². The number of hydrogen-bond donors (Lipinski definition) is 2. The van der Waals surface area contributed by atoms with Crippen LogP contribution < -0.4 is 11.1 Å². The second-order valence-electron chi connectivity index (χ2n) is 5.23. The van der Waals surface area contributed by atoms with Crippen LogP contribution in [-0.4, -0.2) is 29.2 Å². The van der Waals surface area contributed by atoms with E-state index in [4.69, 9.17) is 10.5 Å². The van der Waals surface area contributed by atoms with Gasteiger partial charge in [-0.05, 0) is 19.8 Å². The van der Waals surface area contributed by atoms with Crippen molar-refractivity contribution in [3.05, 3.63) is 23.3 Å². The maximum Gasteiger partial charge on any atom is 0.185 e. The van der Waals surface area contributed by atoms with E-state index in [1.165, 1.54) is 6.92 Å². The maximum atomic E-state index is 14.6. The highest BCUT2D eigenvalue weighted by Gasteiger charge is 2.26. The Bertz CT molecular complexity index is 732. The lowest BCUT2D eigenvalue weighted by molar-refractivity contribution is 0.0903. The Hall–Kier alpha value is -2.09. The molecule has 0 atom stereocenters. The summed E-state index contributed by atoms with van der Waals surface area (Å²) in [5, 5.41) is 2.29. The fraction of sp³-hybridized carbons (Fsp3) is 0.429. The molecular weight excluding hydrogens is 297 g/mol. The average Bonchev–Trinajstić information content (AvgIpc) is 2.50. The van der Waals surface area contributed by atoms with Crippen LogP contribution in [0.3, 0.4) is 0 Å². The molecule has 1 aromatic carbocycles. The maximum absolute atomic E-state index is 14.6. The number of nitrogens with one attached hydrogen (secondary N) is 1. The first-order valence-corrected chi connectivity index (χ1v) is 6.93. The van der Waals surface area contributed by atoms with Crippen LogP contribution >= 0.6 is 0 Å². The van der Waals surface area contributed by atoms with Gasteiger partial charge in [-0.1, -0.05) is 0 Å². The van der Waals surface area contributed by atoms with Crippen LogP contribution in [0.15, 0.2) is 0 Å². The molecule has 1 fully saturated rings. The monoisotopic (exact) mass is 312 g/mol. The van der Waals surface area contributed by atoms with E-state index in [-0.39, 0.29) is 23.2 Å². The van der Waals surface area contributed by atoms with Gasteiger partial charge in [0.25, 0.3) is 0 Å². The number of nitrogens with zero attached hydrogens (tertiary/aromatic N) is 2. The van der Waals surface area contributed by atoms with Crippen molar-refractivity contribution in [1.82, 2.24) is 9.97 Å². The van der Waals surface area contributed by atoms with Gasteiger partial charge in [-0.2, -0.15) is 0 Å². The van der Waals surface area contributed by atoms with Crippen molar-refractivity contribution in [2.75, 3.05) is 24.3 Å². The third-order valence-electron chi connectivity index (χ3n) is 3.68. The second kappa shape index (κ2) is 5.60. The molecule has 0 saturated carbocycles. The number of aromatic nitrogens is 2. The Balaban J connectivity index is 2.14. The zero-order valence-electron chi connectivity index (χ0n) is 11.9. The molecule has 0 spiro atoms. The van der Waals surface area contributed by atoms with Crippen molar-refractivity contribution in [2.45, 2.75) is 25.8 Å². The zero-order valence-corrected chi connectivity index (χ0v) is 11.9. The Kier molecular flexibility index (Phi) is 3.78. The van der Waals surface area contributed by atoms with Crippen LogP contribution in [0.1, 0.15) is 18.7 Å². The fourth-order valence-corrected chi connectivity index (χ4v) is 2.58. The molecule has 2 heterocycles. The van der Waals surface area contributed by atoms with Crippen LogP contribution in [0.25, 0.3) is 10.9 Å². The van der Waals surface area contributed by atoms with Crippen LogP contribution in [0.4, 0.5) is 24.7 Å². The fourth-order valence-electron chi connectivity index (χ4n) is 2.58. The number of aryl methyl sites for hydroxylation is 1. The van der Waals surface area contributed by atoms with Gasteiger partial charge in [-0.3, -0.25) is 0 Å². The molecule has 0 aliphatic carbocycles. The summed E-state index contributed by atoms with van der Waals surface area (Å²) in [5.41, 5.74) is 4.73. The van der Waals surface area contributed by atoms with Crippen LogP contribution in [0, 0.1) is 24.4 Å². The molecule has 0 unspecified atom stereocenters. The summed E-state index contributed by atoms with van der Waals surface area (Å²) in [6.45, 7) is 2.48. The SMILES string of the molecule is Cc1nc(N)c2c(F)c(F)c(NC3CCOCC3)c(F)c2n1. The molecular formula is C14H15F3N4O. The van der Waals surface area contributed by atoms with Crippen molar-refractivity contribution in [3.63, 3.8) is 0 Å². The van der Waals surface area contributed by atoms with Crippen molar-refractivity contribution in [2.24, 2.45) is 0 Å². The average molecular weight is 312 g/mol. The number of rotatable bonds is 2. The molecule has 0 bridgehead atoms. The lowest BCUT2D eigenvalue weighted by Gasteiger charge is -2.25. The van der Waals surface area contributed by atoms with Gasteiger partial charge in [0.2, 0.25) is 0 Å². The number of hydrogen-bond acceptors (Lipinski definition) is 5. The summed E-state index contributed by atoms with van der Waals surface area (Å²) in [4.78, 5) is 7.60. The lowest BCUT2D eigenvalue weighted by Crippen LogP contribution is -2.29. The summed E-state index contributed by atoms with van der Waals surface area (Å²) in [6, 6.07) is -0.185. The van der Waals surface area contributed by atoms with E-state index in [1.807, 2.05) is 0 Å². The normalized spacial score (nSPS) is 16.2. The first-order valence-electron chi connectivity index (χ1n) is 6.93. The molecule has 1 saturated heterocycles. The second-order valence-corrected chi connectivity index (χ2v) is 5.23. The van der Waals surface area contributed by atoms with Gasteiger partial charge in [0.05, 0.1) is 5.39 Å². The first kappa shape index (κ1) is 14.8. The van der Waals surface area contributed by atoms with E-state index in [1.54, 1.807) is 0 Å². The number of nitrogens with two attached hydrogens (primary N) is 1. The molecule has 22 heavy (non-hydrogen) atoms. The molecule has 3 rings (SSSR count). The van der Waals surface area contributed by atoms with E-state index < -0.39 is 28.5 Å². The Morgan fingerprint density at radius 2 is 1.77 bits per heavy atom. The minimum atomic E-state index is -1.31. The highest BCUT2D eigenvalue weighted by molar-refractivity contribution is 5.91. The van der Waals surface area contributed by atoms with E-state index in [9.17, 15) is 13.2 Å². The number of halogens is 3. The molecule has 5 nitrogen and oxygen atoms in total. The number of fused-ring (bicyclic) bond motifs is 1. The van der Waals surface area contributed by atoms with Crippen LogP contribution in [-0.2, 0) is 4.74 Å². The smallest absolute Gasteiger partial charge is 0.185 e. The Morgan fingerprint density at radius 3 is 2.45 bits per heavy atom. The number of ether oxygens (including phenoxy) is 1. The summed E-state index contributed by atoms with van der Waals surface area (Å²) in [6.07, 6.45) is 1.17. The molecule has 3 N–H and O–H groups in total. The predicted octanol–water partition coefficient (Wildman–Crippen LogP) is 2.53. The summed E-state index contributed by atoms with van der Waals surface area (Å²) >= 11 is 0.